The summed E-state index contributed by atoms with van der Waals surface area (Å²) in [6, 6.07) is 3.73. The molecule has 1 heterocycles. The predicted octanol–water partition coefficient (Wildman–Crippen LogP) is 3.83. The highest BCUT2D eigenvalue weighted by molar-refractivity contribution is 8.00. The third kappa shape index (κ3) is 3.23. The predicted molar refractivity (Wildman–Crippen MR) is 66.2 cm³/mol. The van der Waals surface area contributed by atoms with Crippen molar-refractivity contribution in [3.63, 3.8) is 0 Å². The molecule has 0 fully saturated rings. The molecule has 2 nitrogen and oxygen atoms in total. The van der Waals surface area contributed by atoms with Crippen LogP contribution in [-0.4, -0.2) is 16.3 Å². The number of hydrogen-bond donors (Lipinski definition) is 1. The first kappa shape index (κ1) is 14.2. The van der Waals surface area contributed by atoms with E-state index in [2.05, 4.69) is 0 Å². The number of fused-ring (bicyclic) bond motifs is 1. The van der Waals surface area contributed by atoms with Crippen molar-refractivity contribution in [3.05, 3.63) is 29.3 Å². The van der Waals surface area contributed by atoms with E-state index < -0.39 is 23.6 Å². The molecule has 0 amide bonds. The van der Waals surface area contributed by atoms with Gasteiger partial charge in [0.25, 0.3) is 0 Å². The highest BCUT2D eigenvalue weighted by Crippen LogP contribution is 2.42. The number of carboxylic acids is 1. The van der Waals surface area contributed by atoms with Crippen molar-refractivity contribution in [2.24, 2.45) is 5.92 Å². The van der Waals surface area contributed by atoms with Crippen LogP contribution in [0.1, 0.15) is 24.5 Å². The summed E-state index contributed by atoms with van der Waals surface area (Å²) in [5.74, 6) is -1.35. The topological polar surface area (TPSA) is 37.3 Å². The molecule has 2 atom stereocenters. The molecule has 6 heteroatoms. The SMILES string of the molecule is CC(CC1Cc2cc(C(F)(F)F)ccc2S1)C(=O)O. The Labute approximate surface area is 113 Å². The molecule has 1 aliphatic heterocycles. The average Bonchev–Trinajstić information content (AvgIpc) is 2.68. The number of hydrogen-bond acceptors (Lipinski definition) is 2. The fourth-order valence-corrected chi connectivity index (χ4v) is 3.57. The lowest BCUT2D eigenvalue weighted by atomic mass is 10.00. The minimum absolute atomic E-state index is 0.0459. The van der Waals surface area contributed by atoms with E-state index in [-0.39, 0.29) is 5.25 Å². The van der Waals surface area contributed by atoms with E-state index >= 15 is 0 Å². The van der Waals surface area contributed by atoms with E-state index in [9.17, 15) is 18.0 Å². The zero-order valence-electron chi connectivity index (χ0n) is 10.2. The zero-order valence-corrected chi connectivity index (χ0v) is 11.0. The van der Waals surface area contributed by atoms with Gasteiger partial charge in [0, 0.05) is 10.1 Å². The second-order valence-electron chi connectivity index (χ2n) is 4.74. The third-order valence-electron chi connectivity index (χ3n) is 3.17. The van der Waals surface area contributed by atoms with Gasteiger partial charge in [-0.05, 0) is 36.6 Å². The smallest absolute Gasteiger partial charge is 0.416 e. The van der Waals surface area contributed by atoms with Gasteiger partial charge in [0.15, 0.2) is 0 Å². The molecule has 1 aromatic rings. The van der Waals surface area contributed by atoms with Crippen molar-refractivity contribution in [2.75, 3.05) is 0 Å². The Bertz CT molecular complexity index is 499. The Morgan fingerprint density at radius 1 is 1.53 bits per heavy atom. The van der Waals surface area contributed by atoms with Crippen LogP contribution in [0.25, 0.3) is 0 Å². The fraction of sp³-hybridized carbons (Fsp3) is 0.462. The summed E-state index contributed by atoms with van der Waals surface area (Å²) in [4.78, 5) is 11.6. The van der Waals surface area contributed by atoms with E-state index in [0.717, 1.165) is 11.0 Å². The summed E-state index contributed by atoms with van der Waals surface area (Å²) in [6.07, 6.45) is -3.36. The molecule has 0 bridgehead atoms. The molecule has 1 N–H and O–H groups in total. The van der Waals surface area contributed by atoms with E-state index in [1.165, 1.54) is 23.9 Å². The second kappa shape index (κ2) is 5.07. The van der Waals surface area contributed by atoms with Gasteiger partial charge in [-0.1, -0.05) is 6.92 Å². The number of alkyl halides is 3. The van der Waals surface area contributed by atoms with E-state index in [1.807, 2.05) is 0 Å². The summed E-state index contributed by atoms with van der Waals surface area (Å²) >= 11 is 1.47. The summed E-state index contributed by atoms with van der Waals surface area (Å²) in [5, 5.41) is 8.90. The molecule has 19 heavy (non-hydrogen) atoms. The number of rotatable bonds is 3. The summed E-state index contributed by atoms with van der Waals surface area (Å²) < 4.78 is 37.8. The van der Waals surface area contributed by atoms with Crippen LogP contribution in [0.3, 0.4) is 0 Å². The summed E-state index contributed by atoms with van der Waals surface area (Å²) in [6.45, 7) is 1.62. The van der Waals surface area contributed by atoms with Gasteiger partial charge in [0.1, 0.15) is 0 Å². The van der Waals surface area contributed by atoms with Crippen molar-refractivity contribution in [1.29, 1.82) is 0 Å². The third-order valence-corrected chi connectivity index (χ3v) is 4.51. The monoisotopic (exact) mass is 290 g/mol. The Kier molecular flexibility index (Phi) is 3.80. The lowest BCUT2D eigenvalue weighted by Gasteiger charge is -2.11. The quantitative estimate of drug-likeness (QED) is 0.919. The number of carbonyl (C=O) groups is 1. The number of benzene rings is 1. The van der Waals surface area contributed by atoms with Crippen molar-refractivity contribution in [2.45, 2.75) is 36.1 Å². The first-order chi connectivity index (χ1) is 8.77. The summed E-state index contributed by atoms with van der Waals surface area (Å²) in [5.41, 5.74) is 0.0289. The Morgan fingerprint density at radius 3 is 2.79 bits per heavy atom. The van der Waals surface area contributed by atoms with Crippen LogP contribution in [0.5, 0.6) is 0 Å². The number of carboxylic acid groups (broad SMARTS) is 1. The molecule has 1 aliphatic rings. The molecule has 2 unspecified atom stereocenters. The Balaban J connectivity index is 2.10. The lowest BCUT2D eigenvalue weighted by Crippen LogP contribution is -2.15. The highest BCUT2D eigenvalue weighted by atomic mass is 32.2. The first-order valence-electron chi connectivity index (χ1n) is 5.87. The van der Waals surface area contributed by atoms with Crippen molar-refractivity contribution in [3.8, 4) is 0 Å². The van der Waals surface area contributed by atoms with Gasteiger partial charge in [-0.2, -0.15) is 13.2 Å². The van der Waals surface area contributed by atoms with Crippen LogP contribution in [0.15, 0.2) is 23.1 Å². The molecule has 0 aliphatic carbocycles. The molecule has 1 aromatic carbocycles. The maximum Gasteiger partial charge on any atom is 0.416 e. The minimum atomic E-state index is -4.33. The molecule has 0 radical (unpaired) electrons. The fourth-order valence-electron chi connectivity index (χ4n) is 2.12. The average molecular weight is 290 g/mol. The maximum absolute atomic E-state index is 12.6. The number of halogens is 3. The molecule has 0 spiro atoms. The van der Waals surface area contributed by atoms with Gasteiger partial charge in [-0.3, -0.25) is 4.79 Å². The number of thioether (sulfide) groups is 1. The maximum atomic E-state index is 12.6. The van der Waals surface area contributed by atoms with Gasteiger partial charge in [-0.25, -0.2) is 0 Å². The van der Waals surface area contributed by atoms with Crippen LogP contribution in [-0.2, 0) is 17.4 Å². The van der Waals surface area contributed by atoms with Crippen LogP contribution < -0.4 is 0 Å². The lowest BCUT2D eigenvalue weighted by molar-refractivity contribution is -0.141. The van der Waals surface area contributed by atoms with E-state index in [0.29, 0.717) is 18.4 Å². The number of aliphatic carboxylic acids is 1. The molecular formula is C13H13F3O2S. The van der Waals surface area contributed by atoms with Crippen LogP contribution in [0, 0.1) is 5.92 Å². The molecule has 0 saturated carbocycles. The second-order valence-corrected chi connectivity index (χ2v) is 6.08. The van der Waals surface area contributed by atoms with Gasteiger partial charge in [0.05, 0.1) is 11.5 Å². The minimum Gasteiger partial charge on any atom is -0.481 e. The van der Waals surface area contributed by atoms with E-state index in [1.54, 1.807) is 6.92 Å². The van der Waals surface area contributed by atoms with Gasteiger partial charge >= 0.3 is 12.1 Å². The van der Waals surface area contributed by atoms with Crippen molar-refractivity contribution < 1.29 is 23.1 Å². The first-order valence-corrected chi connectivity index (χ1v) is 6.75. The molecule has 2 rings (SSSR count). The van der Waals surface area contributed by atoms with Crippen LogP contribution >= 0.6 is 11.8 Å². The van der Waals surface area contributed by atoms with Crippen molar-refractivity contribution in [1.82, 2.24) is 0 Å². The van der Waals surface area contributed by atoms with Crippen LogP contribution in [0.4, 0.5) is 13.2 Å². The molecule has 0 saturated heterocycles. The highest BCUT2D eigenvalue weighted by Gasteiger charge is 2.33. The normalized spacial score (nSPS) is 20.1. The Morgan fingerprint density at radius 2 is 2.21 bits per heavy atom. The van der Waals surface area contributed by atoms with Gasteiger partial charge < -0.3 is 5.11 Å². The van der Waals surface area contributed by atoms with E-state index in [4.69, 9.17) is 5.11 Å². The molecule has 104 valence electrons. The van der Waals surface area contributed by atoms with Crippen molar-refractivity contribution >= 4 is 17.7 Å². The van der Waals surface area contributed by atoms with Crippen LogP contribution in [0.2, 0.25) is 0 Å². The molecular weight excluding hydrogens is 277 g/mol. The molecule has 0 aromatic heterocycles. The van der Waals surface area contributed by atoms with Gasteiger partial charge in [0.2, 0.25) is 0 Å². The standard InChI is InChI=1S/C13H13F3O2S/c1-7(12(17)18)4-10-6-8-5-9(13(14,15)16)2-3-11(8)19-10/h2-3,5,7,10H,4,6H2,1H3,(H,17,18). The van der Waals surface area contributed by atoms with Gasteiger partial charge in [-0.15, -0.1) is 11.8 Å². The zero-order chi connectivity index (χ0) is 14.2. The Hall–Kier alpha value is -1.17. The summed E-state index contributed by atoms with van der Waals surface area (Å²) in [7, 11) is 0. The largest absolute Gasteiger partial charge is 0.481 e.